The predicted molar refractivity (Wildman–Crippen MR) is 194 cm³/mol. The number of hydrogen-bond donors (Lipinski definition) is 2. The summed E-state index contributed by atoms with van der Waals surface area (Å²) in [7, 11) is 0. The van der Waals surface area contributed by atoms with Gasteiger partial charge in [-0.25, -0.2) is 0 Å². The molecule has 1 amide bonds. The Bertz CT molecular complexity index is 1260. The first-order valence-electron chi connectivity index (χ1n) is 17.5. The van der Waals surface area contributed by atoms with Crippen molar-refractivity contribution in [3.8, 4) is 0 Å². The summed E-state index contributed by atoms with van der Waals surface area (Å²) < 4.78 is 1.99. The summed E-state index contributed by atoms with van der Waals surface area (Å²) in [6.07, 6.45) is 12.0. The van der Waals surface area contributed by atoms with Gasteiger partial charge in [-0.15, -0.1) is 0 Å². The Kier molecular flexibility index (Phi) is 15.1. The lowest BCUT2D eigenvalue weighted by atomic mass is 9.97. The molecule has 2 aromatic carbocycles. The summed E-state index contributed by atoms with van der Waals surface area (Å²) in [5, 5.41) is 3.22. The fourth-order valence-corrected chi connectivity index (χ4v) is 7.99. The number of nitrogens with two attached hydrogens (primary N) is 1. The number of hydrogen-bond acceptors (Lipinski definition) is 4. The summed E-state index contributed by atoms with van der Waals surface area (Å²) in [6.45, 7) is 18.5. The normalized spacial score (nSPS) is 16.8. The first-order chi connectivity index (χ1) is 21.5. The number of anilines is 2. The molecule has 0 saturated carbocycles. The van der Waals surface area contributed by atoms with E-state index in [1.807, 2.05) is 26.0 Å². The van der Waals surface area contributed by atoms with Crippen LogP contribution in [0, 0.1) is 27.7 Å². The summed E-state index contributed by atoms with van der Waals surface area (Å²) in [4.78, 5) is 29.1. The van der Waals surface area contributed by atoms with Crippen LogP contribution in [0.3, 0.4) is 0 Å². The molecule has 2 aromatic rings. The van der Waals surface area contributed by atoms with Gasteiger partial charge in [-0.3, -0.25) is 14.5 Å². The Hall–Kier alpha value is -2.22. The monoisotopic (exact) mass is 683 g/mol. The first kappa shape index (κ1) is 37.2. The zero-order chi connectivity index (χ0) is 33.0. The average molecular weight is 685 g/mol. The number of quaternary nitrogens is 1. The third-order valence-corrected chi connectivity index (χ3v) is 10.6. The molecule has 2 atom stereocenters. The first-order valence-corrected chi connectivity index (χ1v) is 18.3. The highest BCUT2D eigenvalue weighted by molar-refractivity contribution is 9.10. The van der Waals surface area contributed by atoms with Crippen LogP contribution in [-0.4, -0.2) is 66.4 Å². The topological polar surface area (TPSA) is 75.4 Å². The number of nitrogen functional groups attached to an aromatic ring is 1. The summed E-state index contributed by atoms with van der Waals surface area (Å²) in [5.41, 5.74) is 13.3. The minimum absolute atomic E-state index is 0.0585. The minimum atomic E-state index is -0.0585. The largest absolute Gasteiger partial charge is 0.398 e. The number of carbonyl (C=O) groups is 2. The number of unbranched alkanes of at least 4 members (excludes halogenated alkanes) is 5. The zero-order valence-electron chi connectivity index (χ0n) is 29.1. The molecule has 1 heterocycles. The maximum absolute atomic E-state index is 13.3. The molecule has 6 nitrogen and oxygen atoms in total. The van der Waals surface area contributed by atoms with Crippen LogP contribution in [0.4, 0.5) is 11.4 Å². The number of likely N-dealkylation sites (N-methyl/N-ethyl adjacent to an activating group) is 1. The van der Waals surface area contributed by atoms with Crippen molar-refractivity contribution in [3.05, 3.63) is 56.6 Å². The molecule has 2 unspecified atom stereocenters. The Morgan fingerprint density at radius 3 is 2.27 bits per heavy atom. The molecule has 0 bridgehead atoms. The number of piperidine rings is 1. The van der Waals surface area contributed by atoms with Crippen LogP contribution in [-0.2, 0) is 16.0 Å². The van der Waals surface area contributed by atoms with Crippen molar-refractivity contribution in [1.82, 2.24) is 4.90 Å². The standard InChI is InChI=1S/C38H59BrN4O2/c1-7-22-43(8-2,27-33(44)26-34-29(4)24-32(39)25-30(34)5)23-16-12-10-9-11-14-20-42-21-15-13-17-36(42)38(45)41-37-28(3)18-19-35(40)31(37)6/h18-19,24-25,36H,7-17,20-23,26-27,40H2,1-6H3/p+1. The van der Waals surface area contributed by atoms with Crippen molar-refractivity contribution in [1.29, 1.82) is 0 Å². The van der Waals surface area contributed by atoms with Crippen LogP contribution in [0.1, 0.15) is 106 Å². The lowest BCUT2D eigenvalue weighted by Gasteiger charge is -2.37. The molecule has 250 valence electrons. The molecule has 1 aliphatic rings. The van der Waals surface area contributed by atoms with Crippen molar-refractivity contribution >= 4 is 39.0 Å². The van der Waals surface area contributed by atoms with Crippen LogP contribution < -0.4 is 11.1 Å². The molecule has 0 spiro atoms. The quantitative estimate of drug-likeness (QED) is 0.0939. The van der Waals surface area contributed by atoms with Gasteiger partial charge in [0.25, 0.3) is 0 Å². The molecule has 1 saturated heterocycles. The minimum Gasteiger partial charge on any atom is -0.398 e. The molecule has 3 N–H and O–H groups in total. The predicted octanol–water partition coefficient (Wildman–Crippen LogP) is 8.46. The molecule has 0 aromatic heterocycles. The van der Waals surface area contributed by atoms with Crippen molar-refractivity contribution in [2.24, 2.45) is 0 Å². The number of nitrogens with zero attached hydrogens (tertiary/aromatic N) is 2. The maximum atomic E-state index is 13.3. The number of rotatable bonds is 18. The zero-order valence-corrected chi connectivity index (χ0v) is 30.7. The van der Waals surface area contributed by atoms with Crippen LogP contribution in [0.15, 0.2) is 28.7 Å². The molecular weight excluding hydrogens is 624 g/mol. The summed E-state index contributed by atoms with van der Waals surface area (Å²) in [6, 6.07) is 8.07. The van der Waals surface area contributed by atoms with Gasteiger partial charge in [-0.05, 0) is 132 Å². The van der Waals surface area contributed by atoms with E-state index in [4.69, 9.17) is 5.73 Å². The third kappa shape index (κ3) is 10.9. The number of likely N-dealkylation sites (tertiary alicyclic amines) is 1. The van der Waals surface area contributed by atoms with E-state index in [0.717, 1.165) is 89.9 Å². The van der Waals surface area contributed by atoms with Gasteiger partial charge in [0.05, 0.1) is 25.7 Å². The van der Waals surface area contributed by atoms with Crippen LogP contribution in [0.5, 0.6) is 0 Å². The molecule has 45 heavy (non-hydrogen) atoms. The second-order valence-corrected chi connectivity index (χ2v) is 14.5. The van der Waals surface area contributed by atoms with Crippen molar-refractivity contribution in [3.63, 3.8) is 0 Å². The summed E-state index contributed by atoms with van der Waals surface area (Å²) >= 11 is 3.58. The SMILES string of the molecule is CCC[N+](CC)(CCCCCCCCN1CCCCC1C(=O)Nc1c(C)ccc(N)c1C)CC(=O)Cc1c(C)cc(Br)cc1C. The fraction of sp³-hybridized carbons (Fsp3) is 0.632. The Labute approximate surface area is 282 Å². The fourth-order valence-electron chi connectivity index (χ4n) is 7.31. The molecular formula is C38H60BrN4O2+. The van der Waals surface area contributed by atoms with E-state index in [2.05, 4.69) is 66.0 Å². The maximum Gasteiger partial charge on any atom is 0.241 e. The summed E-state index contributed by atoms with van der Waals surface area (Å²) in [5.74, 6) is 0.471. The lowest BCUT2D eigenvalue weighted by molar-refractivity contribution is -0.919. The van der Waals surface area contributed by atoms with Gasteiger partial charge < -0.3 is 15.5 Å². The molecule has 0 radical (unpaired) electrons. The van der Waals surface area contributed by atoms with Crippen molar-refractivity contribution < 1.29 is 14.1 Å². The van der Waals surface area contributed by atoms with Gasteiger partial charge in [0.15, 0.2) is 5.78 Å². The van der Waals surface area contributed by atoms with E-state index in [0.29, 0.717) is 18.7 Å². The van der Waals surface area contributed by atoms with Gasteiger partial charge in [0.1, 0.15) is 6.54 Å². The van der Waals surface area contributed by atoms with E-state index in [9.17, 15) is 9.59 Å². The Morgan fingerprint density at radius 1 is 0.933 bits per heavy atom. The van der Waals surface area contributed by atoms with E-state index >= 15 is 0 Å². The smallest absolute Gasteiger partial charge is 0.241 e. The number of amides is 1. The average Bonchev–Trinajstić information content (AvgIpc) is 3.00. The van der Waals surface area contributed by atoms with Crippen LogP contribution >= 0.6 is 15.9 Å². The number of aryl methyl sites for hydroxylation is 3. The van der Waals surface area contributed by atoms with Gasteiger partial charge in [-0.1, -0.05) is 54.6 Å². The van der Waals surface area contributed by atoms with Crippen LogP contribution in [0.25, 0.3) is 0 Å². The van der Waals surface area contributed by atoms with Gasteiger partial charge >= 0.3 is 0 Å². The number of Topliss-reactive ketones (excluding diaryl/α,β-unsaturated/α-hetero) is 1. The van der Waals surface area contributed by atoms with E-state index in [-0.39, 0.29) is 11.9 Å². The second kappa shape index (κ2) is 18.2. The number of nitrogens with one attached hydrogen (secondary N) is 1. The number of carbonyl (C=O) groups excluding carboxylic acids is 2. The van der Waals surface area contributed by atoms with Crippen molar-refractivity contribution in [2.45, 2.75) is 118 Å². The van der Waals surface area contributed by atoms with Crippen LogP contribution in [0.2, 0.25) is 0 Å². The van der Waals surface area contributed by atoms with Crippen molar-refractivity contribution in [2.75, 3.05) is 50.3 Å². The highest BCUT2D eigenvalue weighted by Gasteiger charge is 2.30. The number of ketones is 1. The third-order valence-electron chi connectivity index (χ3n) is 10.1. The molecule has 1 aliphatic heterocycles. The molecule has 1 fully saturated rings. The van der Waals surface area contributed by atoms with E-state index in [1.54, 1.807) is 0 Å². The Morgan fingerprint density at radius 2 is 1.60 bits per heavy atom. The number of benzene rings is 2. The lowest BCUT2D eigenvalue weighted by Crippen LogP contribution is -2.52. The second-order valence-electron chi connectivity index (χ2n) is 13.6. The molecule has 0 aliphatic carbocycles. The molecule has 7 heteroatoms. The Balaban J connectivity index is 1.41. The van der Waals surface area contributed by atoms with Gasteiger partial charge in [0.2, 0.25) is 5.91 Å². The molecule has 3 rings (SSSR count). The van der Waals surface area contributed by atoms with Gasteiger partial charge in [-0.2, -0.15) is 0 Å². The number of halogens is 1. The van der Waals surface area contributed by atoms with E-state index < -0.39 is 0 Å². The highest BCUT2D eigenvalue weighted by Crippen LogP contribution is 2.27. The highest BCUT2D eigenvalue weighted by atomic mass is 79.9. The van der Waals surface area contributed by atoms with E-state index in [1.165, 1.54) is 55.2 Å². The van der Waals surface area contributed by atoms with Gasteiger partial charge in [0, 0.05) is 22.3 Å².